The summed E-state index contributed by atoms with van der Waals surface area (Å²) in [5.41, 5.74) is 2.38. The quantitative estimate of drug-likeness (QED) is 0.860. The molecule has 1 atom stereocenters. The highest BCUT2D eigenvalue weighted by Crippen LogP contribution is 2.26. The number of hydrogen-bond acceptors (Lipinski definition) is 2. The molecule has 0 aliphatic heterocycles. The second kappa shape index (κ2) is 6.15. The van der Waals surface area contributed by atoms with Gasteiger partial charge in [0.15, 0.2) is 0 Å². The first-order valence-corrected chi connectivity index (χ1v) is 6.90. The van der Waals surface area contributed by atoms with Crippen molar-refractivity contribution in [2.45, 2.75) is 58.5 Å². The van der Waals surface area contributed by atoms with Crippen molar-refractivity contribution in [1.82, 2.24) is 10.3 Å². The van der Waals surface area contributed by atoms with E-state index in [1.54, 1.807) is 0 Å². The topological polar surface area (TPSA) is 24.9 Å². The fourth-order valence-electron chi connectivity index (χ4n) is 2.68. The van der Waals surface area contributed by atoms with Crippen molar-refractivity contribution < 1.29 is 0 Å². The van der Waals surface area contributed by atoms with Gasteiger partial charge in [-0.1, -0.05) is 25.3 Å². The number of pyridine rings is 1. The fraction of sp³-hybridized carbons (Fsp3) is 0.667. The fourth-order valence-corrected chi connectivity index (χ4v) is 2.68. The van der Waals surface area contributed by atoms with Crippen LogP contribution in [0.25, 0.3) is 0 Å². The number of aromatic nitrogens is 1. The summed E-state index contributed by atoms with van der Waals surface area (Å²) in [6.45, 7) is 5.31. The molecule has 0 spiro atoms. The van der Waals surface area contributed by atoms with Gasteiger partial charge in [-0.3, -0.25) is 4.98 Å². The molecular weight excluding hydrogens is 208 g/mol. The Morgan fingerprint density at radius 3 is 2.71 bits per heavy atom. The Labute approximate surface area is 105 Å². The maximum absolute atomic E-state index is 4.33. The van der Waals surface area contributed by atoms with Crippen molar-refractivity contribution in [3.63, 3.8) is 0 Å². The molecule has 0 aromatic carbocycles. The van der Waals surface area contributed by atoms with Crippen molar-refractivity contribution >= 4 is 0 Å². The second-order valence-electron chi connectivity index (χ2n) is 5.38. The van der Waals surface area contributed by atoms with Crippen molar-refractivity contribution in [1.29, 1.82) is 0 Å². The Morgan fingerprint density at radius 2 is 2.06 bits per heavy atom. The van der Waals surface area contributed by atoms with Crippen LogP contribution in [0.2, 0.25) is 0 Å². The third-order valence-corrected chi connectivity index (χ3v) is 3.96. The van der Waals surface area contributed by atoms with E-state index in [1.165, 1.54) is 37.7 Å². The standard InChI is InChI=1S/C15H24N2/c1-12-8-9-14(10-16-12)11-17-13(2)15-6-4-3-5-7-15/h8-10,13,15,17H,3-7,11H2,1-2H3. The van der Waals surface area contributed by atoms with Gasteiger partial charge in [0, 0.05) is 24.5 Å². The maximum atomic E-state index is 4.33. The summed E-state index contributed by atoms with van der Waals surface area (Å²) in [4.78, 5) is 4.33. The summed E-state index contributed by atoms with van der Waals surface area (Å²) in [7, 11) is 0. The van der Waals surface area contributed by atoms with Crippen LogP contribution in [0.5, 0.6) is 0 Å². The lowest BCUT2D eigenvalue weighted by atomic mass is 9.84. The summed E-state index contributed by atoms with van der Waals surface area (Å²) in [5, 5.41) is 3.65. The normalized spacial score (nSPS) is 19.2. The van der Waals surface area contributed by atoms with Crippen LogP contribution in [0.15, 0.2) is 18.3 Å². The lowest BCUT2D eigenvalue weighted by Gasteiger charge is -2.28. The van der Waals surface area contributed by atoms with E-state index in [0.717, 1.165) is 18.2 Å². The van der Waals surface area contributed by atoms with Gasteiger partial charge in [0.2, 0.25) is 0 Å². The monoisotopic (exact) mass is 232 g/mol. The molecule has 1 aromatic rings. The highest BCUT2D eigenvalue weighted by molar-refractivity contribution is 5.12. The predicted molar refractivity (Wildman–Crippen MR) is 71.9 cm³/mol. The summed E-state index contributed by atoms with van der Waals surface area (Å²) in [6, 6.07) is 4.89. The van der Waals surface area contributed by atoms with Gasteiger partial charge in [-0.15, -0.1) is 0 Å². The first-order valence-electron chi connectivity index (χ1n) is 6.90. The van der Waals surface area contributed by atoms with E-state index in [-0.39, 0.29) is 0 Å². The first kappa shape index (κ1) is 12.6. The third kappa shape index (κ3) is 3.81. The molecule has 1 aromatic heterocycles. The third-order valence-electron chi connectivity index (χ3n) is 3.96. The predicted octanol–water partition coefficient (Wildman–Crippen LogP) is 3.45. The van der Waals surface area contributed by atoms with Gasteiger partial charge >= 0.3 is 0 Å². The number of aryl methyl sites for hydroxylation is 1. The summed E-state index contributed by atoms with van der Waals surface area (Å²) >= 11 is 0. The molecule has 1 heterocycles. The van der Waals surface area contributed by atoms with Gasteiger partial charge in [-0.25, -0.2) is 0 Å². The zero-order valence-corrected chi connectivity index (χ0v) is 11.1. The van der Waals surface area contributed by atoms with Gasteiger partial charge in [0.05, 0.1) is 0 Å². The molecule has 1 aliphatic rings. The molecule has 0 amide bonds. The van der Waals surface area contributed by atoms with E-state index in [9.17, 15) is 0 Å². The van der Waals surface area contributed by atoms with E-state index in [0.29, 0.717) is 6.04 Å². The smallest absolute Gasteiger partial charge is 0.0372 e. The molecule has 1 saturated carbocycles. The Bertz CT molecular complexity index is 325. The van der Waals surface area contributed by atoms with Crippen LogP contribution in [0.1, 0.15) is 50.3 Å². The van der Waals surface area contributed by atoms with Crippen LogP contribution in [0, 0.1) is 12.8 Å². The highest BCUT2D eigenvalue weighted by atomic mass is 14.9. The molecule has 2 heteroatoms. The van der Waals surface area contributed by atoms with Crippen LogP contribution in [-0.2, 0) is 6.54 Å². The molecule has 1 fully saturated rings. The summed E-state index contributed by atoms with van der Waals surface area (Å²) < 4.78 is 0. The van der Waals surface area contributed by atoms with Crippen LogP contribution in [0.4, 0.5) is 0 Å². The van der Waals surface area contributed by atoms with Gasteiger partial charge in [-0.05, 0) is 44.2 Å². The Balaban J connectivity index is 1.78. The zero-order chi connectivity index (χ0) is 12.1. The van der Waals surface area contributed by atoms with Gasteiger partial charge < -0.3 is 5.32 Å². The van der Waals surface area contributed by atoms with E-state index in [1.807, 2.05) is 13.1 Å². The Morgan fingerprint density at radius 1 is 1.29 bits per heavy atom. The average Bonchev–Trinajstić information content (AvgIpc) is 2.39. The van der Waals surface area contributed by atoms with E-state index in [2.05, 4.69) is 29.4 Å². The molecule has 1 N–H and O–H groups in total. The van der Waals surface area contributed by atoms with Crippen molar-refractivity contribution in [2.24, 2.45) is 5.92 Å². The lowest BCUT2D eigenvalue weighted by Crippen LogP contribution is -2.34. The molecule has 94 valence electrons. The first-order chi connectivity index (χ1) is 8.25. The average molecular weight is 232 g/mol. The molecule has 0 bridgehead atoms. The molecule has 1 aliphatic carbocycles. The summed E-state index contributed by atoms with van der Waals surface area (Å²) in [5.74, 6) is 0.877. The molecule has 2 rings (SSSR count). The lowest BCUT2D eigenvalue weighted by molar-refractivity contribution is 0.280. The summed E-state index contributed by atoms with van der Waals surface area (Å²) in [6.07, 6.45) is 9.06. The largest absolute Gasteiger partial charge is 0.310 e. The second-order valence-corrected chi connectivity index (χ2v) is 5.38. The minimum Gasteiger partial charge on any atom is -0.310 e. The van der Waals surface area contributed by atoms with Crippen molar-refractivity contribution in [3.05, 3.63) is 29.6 Å². The highest BCUT2D eigenvalue weighted by Gasteiger charge is 2.19. The minimum absolute atomic E-state index is 0.636. The van der Waals surface area contributed by atoms with Crippen LogP contribution in [-0.4, -0.2) is 11.0 Å². The van der Waals surface area contributed by atoms with Crippen LogP contribution < -0.4 is 5.32 Å². The molecule has 0 saturated heterocycles. The Kier molecular flexibility index (Phi) is 4.55. The van der Waals surface area contributed by atoms with E-state index < -0.39 is 0 Å². The zero-order valence-electron chi connectivity index (χ0n) is 11.1. The van der Waals surface area contributed by atoms with Gasteiger partial charge in [0.25, 0.3) is 0 Å². The molecular formula is C15H24N2. The molecule has 1 unspecified atom stereocenters. The van der Waals surface area contributed by atoms with Gasteiger partial charge in [0.1, 0.15) is 0 Å². The maximum Gasteiger partial charge on any atom is 0.0372 e. The molecule has 17 heavy (non-hydrogen) atoms. The number of hydrogen-bond donors (Lipinski definition) is 1. The van der Waals surface area contributed by atoms with Crippen molar-refractivity contribution in [2.75, 3.05) is 0 Å². The minimum atomic E-state index is 0.636. The van der Waals surface area contributed by atoms with Crippen LogP contribution >= 0.6 is 0 Å². The van der Waals surface area contributed by atoms with E-state index >= 15 is 0 Å². The van der Waals surface area contributed by atoms with Gasteiger partial charge in [-0.2, -0.15) is 0 Å². The number of nitrogens with zero attached hydrogens (tertiary/aromatic N) is 1. The van der Waals surface area contributed by atoms with E-state index in [4.69, 9.17) is 0 Å². The molecule has 2 nitrogen and oxygen atoms in total. The van der Waals surface area contributed by atoms with Crippen LogP contribution in [0.3, 0.4) is 0 Å². The molecule has 0 radical (unpaired) electrons. The Hall–Kier alpha value is -0.890. The number of nitrogens with one attached hydrogen (secondary N) is 1. The number of rotatable bonds is 4. The SMILES string of the molecule is Cc1ccc(CNC(C)C2CCCCC2)cn1. The van der Waals surface area contributed by atoms with Crippen molar-refractivity contribution in [3.8, 4) is 0 Å².